The van der Waals surface area contributed by atoms with Gasteiger partial charge in [-0.3, -0.25) is 15.2 Å². The molecule has 0 saturated heterocycles. The van der Waals surface area contributed by atoms with Crippen LogP contribution in [0.4, 0.5) is 4.79 Å². The molecule has 0 aliphatic heterocycles. The fourth-order valence-corrected chi connectivity index (χ4v) is 2.70. The van der Waals surface area contributed by atoms with Crippen molar-refractivity contribution in [3.63, 3.8) is 0 Å². The van der Waals surface area contributed by atoms with Crippen molar-refractivity contribution in [2.45, 2.75) is 17.3 Å². The van der Waals surface area contributed by atoms with E-state index in [0.29, 0.717) is 11.0 Å². The van der Waals surface area contributed by atoms with Crippen LogP contribution in [0.15, 0.2) is 33.9 Å². The summed E-state index contributed by atoms with van der Waals surface area (Å²) in [5.74, 6) is 0.104. The zero-order valence-corrected chi connectivity index (χ0v) is 13.4. The highest BCUT2D eigenvalue weighted by Gasteiger charge is 2.18. The number of aromatic amines is 1. The van der Waals surface area contributed by atoms with Crippen LogP contribution < -0.4 is 11.1 Å². The Morgan fingerprint density at radius 2 is 2.14 bits per heavy atom. The molecule has 0 saturated carbocycles. The number of nitrogens with two attached hydrogens (primary N) is 1. The average molecular weight is 370 g/mol. The molecule has 2 aromatic rings. The third-order valence-corrected chi connectivity index (χ3v) is 4.14. The molecular weight excluding hydrogens is 358 g/mol. The standard InChI is InChI=1S/C12H12BrN5O2S/c1-6(10(19)16-11(14)20)21-12-15-9(17-18-12)7-4-2-3-5-8(7)13/h2-6H,1H3,(H,15,17,18)(H3,14,16,19,20)/t6-/m0/s1. The van der Waals surface area contributed by atoms with E-state index in [0.717, 1.165) is 21.8 Å². The van der Waals surface area contributed by atoms with Crippen LogP contribution in [-0.2, 0) is 4.79 Å². The second kappa shape index (κ2) is 6.72. The molecule has 1 heterocycles. The Hall–Kier alpha value is -1.87. The highest BCUT2D eigenvalue weighted by molar-refractivity contribution is 9.10. The molecule has 1 atom stereocenters. The van der Waals surface area contributed by atoms with Crippen molar-refractivity contribution < 1.29 is 9.59 Å². The summed E-state index contributed by atoms with van der Waals surface area (Å²) >= 11 is 4.56. The van der Waals surface area contributed by atoms with Gasteiger partial charge in [0.1, 0.15) is 0 Å². The van der Waals surface area contributed by atoms with Gasteiger partial charge in [0.25, 0.3) is 0 Å². The Morgan fingerprint density at radius 3 is 2.81 bits per heavy atom. The molecule has 0 spiro atoms. The van der Waals surface area contributed by atoms with Crippen molar-refractivity contribution in [2.75, 3.05) is 0 Å². The number of primary amides is 1. The number of thioether (sulfide) groups is 1. The van der Waals surface area contributed by atoms with E-state index in [1.54, 1.807) is 6.92 Å². The number of amides is 3. The quantitative estimate of drug-likeness (QED) is 0.712. The lowest BCUT2D eigenvalue weighted by atomic mass is 10.2. The minimum atomic E-state index is -0.878. The molecule has 0 radical (unpaired) electrons. The number of hydrogen-bond donors (Lipinski definition) is 3. The van der Waals surface area contributed by atoms with Crippen molar-refractivity contribution >= 4 is 39.6 Å². The maximum absolute atomic E-state index is 11.6. The molecule has 9 heteroatoms. The molecule has 0 bridgehead atoms. The van der Waals surface area contributed by atoms with Crippen molar-refractivity contribution in [1.29, 1.82) is 0 Å². The zero-order chi connectivity index (χ0) is 15.4. The predicted octanol–water partition coefficient (Wildman–Crippen LogP) is 1.91. The Labute approximate surface area is 133 Å². The molecule has 2 rings (SSSR count). The van der Waals surface area contributed by atoms with Gasteiger partial charge in [-0.1, -0.05) is 45.9 Å². The summed E-state index contributed by atoms with van der Waals surface area (Å²) in [6, 6.07) is 6.70. The molecule has 1 aromatic carbocycles. The first kappa shape index (κ1) is 15.5. The number of carbonyl (C=O) groups is 2. The summed E-state index contributed by atoms with van der Waals surface area (Å²) < 4.78 is 0.886. The number of hydrogen-bond acceptors (Lipinski definition) is 5. The first-order valence-corrected chi connectivity index (χ1v) is 7.59. The molecular formula is C12H12BrN5O2S. The molecule has 4 N–H and O–H groups in total. The highest BCUT2D eigenvalue weighted by atomic mass is 79.9. The number of benzene rings is 1. The fraction of sp³-hybridized carbons (Fsp3) is 0.167. The van der Waals surface area contributed by atoms with Crippen LogP contribution in [-0.4, -0.2) is 32.4 Å². The summed E-state index contributed by atoms with van der Waals surface area (Å²) in [6.07, 6.45) is 0. The van der Waals surface area contributed by atoms with E-state index in [9.17, 15) is 9.59 Å². The number of rotatable bonds is 4. The third-order valence-electron chi connectivity index (χ3n) is 2.49. The van der Waals surface area contributed by atoms with Gasteiger partial charge in [0.05, 0.1) is 5.25 Å². The first-order chi connectivity index (χ1) is 9.97. The topological polar surface area (TPSA) is 114 Å². The Kier molecular flexibility index (Phi) is 4.97. The van der Waals surface area contributed by atoms with Gasteiger partial charge in [0.2, 0.25) is 11.1 Å². The van der Waals surface area contributed by atoms with Crippen molar-refractivity contribution in [1.82, 2.24) is 20.5 Å². The summed E-state index contributed by atoms with van der Waals surface area (Å²) in [7, 11) is 0. The maximum atomic E-state index is 11.6. The van der Waals surface area contributed by atoms with E-state index < -0.39 is 17.2 Å². The largest absolute Gasteiger partial charge is 0.351 e. The summed E-state index contributed by atoms with van der Waals surface area (Å²) in [5.41, 5.74) is 5.77. The van der Waals surface area contributed by atoms with Crippen LogP contribution in [0.2, 0.25) is 0 Å². The molecule has 110 valence electrons. The fourth-order valence-electron chi connectivity index (χ4n) is 1.51. The summed E-state index contributed by atoms with van der Waals surface area (Å²) in [5, 5.41) is 8.74. The van der Waals surface area contributed by atoms with Crippen LogP contribution in [0.5, 0.6) is 0 Å². The molecule has 0 aliphatic rings. The van der Waals surface area contributed by atoms with Crippen LogP contribution in [0.25, 0.3) is 11.4 Å². The Bertz CT molecular complexity index is 675. The van der Waals surface area contributed by atoms with E-state index in [-0.39, 0.29) is 0 Å². The molecule has 0 fully saturated rings. The Balaban J connectivity index is 2.09. The van der Waals surface area contributed by atoms with Gasteiger partial charge >= 0.3 is 6.03 Å². The summed E-state index contributed by atoms with van der Waals surface area (Å²) in [4.78, 5) is 26.5. The first-order valence-electron chi connectivity index (χ1n) is 5.91. The van der Waals surface area contributed by atoms with Crippen LogP contribution >= 0.6 is 27.7 Å². The normalized spacial score (nSPS) is 11.9. The number of nitrogens with one attached hydrogen (secondary N) is 2. The average Bonchev–Trinajstić information content (AvgIpc) is 2.86. The predicted molar refractivity (Wildman–Crippen MR) is 82.6 cm³/mol. The van der Waals surface area contributed by atoms with Gasteiger partial charge < -0.3 is 5.73 Å². The lowest BCUT2D eigenvalue weighted by Crippen LogP contribution is -2.39. The van der Waals surface area contributed by atoms with Gasteiger partial charge in [0.15, 0.2) is 5.82 Å². The summed E-state index contributed by atoms with van der Waals surface area (Å²) in [6.45, 7) is 1.64. The van der Waals surface area contributed by atoms with Gasteiger partial charge in [-0.2, -0.15) is 0 Å². The van der Waals surface area contributed by atoms with Crippen molar-refractivity contribution in [3.05, 3.63) is 28.7 Å². The van der Waals surface area contributed by atoms with E-state index >= 15 is 0 Å². The smallest absolute Gasteiger partial charge is 0.318 e. The lowest BCUT2D eigenvalue weighted by molar-refractivity contribution is -0.119. The number of aromatic nitrogens is 3. The minimum absolute atomic E-state index is 0.410. The molecule has 0 unspecified atom stereocenters. The third kappa shape index (κ3) is 4.05. The van der Waals surface area contributed by atoms with Gasteiger partial charge in [-0.15, -0.1) is 5.10 Å². The second-order valence-corrected chi connectivity index (χ2v) is 6.22. The second-order valence-electron chi connectivity index (χ2n) is 4.06. The molecule has 21 heavy (non-hydrogen) atoms. The van der Waals surface area contributed by atoms with E-state index in [2.05, 4.69) is 31.1 Å². The zero-order valence-electron chi connectivity index (χ0n) is 11.0. The maximum Gasteiger partial charge on any atom is 0.318 e. The Morgan fingerprint density at radius 1 is 1.43 bits per heavy atom. The number of urea groups is 1. The molecule has 3 amide bonds. The van der Waals surface area contributed by atoms with E-state index in [1.807, 2.05) is 29.6 Å². The molecule has 7 nitrogen and oxygen atoms in total. The van der Waals surface area contributed by atoms with Crippen LogP contribution in [0.1, 0.15) is 6.92 Å². The monoisotopic (exact) mass is 369 g/mol. The molecule has 0 aliphatic carbocycles. The van der Waals surface area contributed by atoms with E-state index in [4.69, 9.17) is 5.73 Å². The van der Waals surface area contributed by atoms with Gasteiger partial charge in [-0.25, -0.2) is 9.78 Å². The number of H-pyrrole nitrogens is 1. The number of halogens is 1. The number of imide groups is 1. The lowest BCUT2D eigenvalue weighted by Gasteiger charge is -2.06. The van der Waals surface area contributed by atoms with Gasteiger partial charge in [0, 0.05) is 10.0 Å². The SMILES string of the molecule is C[C@H](Sc1n[nH]c(-c2ccccc2Br)n1)C(=O)NC(N)=O. The highest BCUT2D eigenvalue weighted by Crippen LogP contribution is 2.27. The molecule has 1 aromatic heterocycles. The number of carbonyl (C=O) groups excluding carboxylic acids is 2. The van der Waals surface area contributed by atoms with Crippen molar-refractivity contribution in [2.24, 2.45) is 5.73 Å². The van der Waals surface area contributed by atoms with Crippen LogP contribution in [0.3, 0.4) is 0 Å². The van der Waals surface area contributed by atoms with Gasteiger partial charge in [-0.05, 0) is 13.0 Å². The van der Waals surface area contributed by atoms with E-state index in [1.165, 1.54) is 0 Å². The number of nitrogens with zero attached hydrogens (tertiary/aromatic N) is 2. The van der Waals surface area contributed by atoms with Crippen molar-refractivity contribution in [3.8, 4) is 11.4 Å². The minimum Gasteiger partial charge on any atom is -0.351 e. The van der Waals surface area contributed by atoms with Crippen LogP contribution in [0, 0.1) is 0 Å².